The van der Waals surface area contributed by atoms with Crippen LogP contribution in [0, 0.1) is 11.8 Å². The van der Waals surface area contributed by atoms with Gasteiger partial charge in [0.05, 0.1) is 11.6 Å². The number of hydrogen-bond donors (Lipinski definition) is 1. The van der Waals surface area contributed by atoms with Crippen molar-refractivity contribution in [3.05, 3.63) is 35.0 Å². The number of aromatic amines is 1. The molecule has 0 fully saturated rings. The van der Waals surface area contributed by atoms with Gasteiger partial charge in [0.2, 0.25) is 0 Å². The zero-order valence-corrected chi connectivity index (χ0v) is 9.97. The van der Waals surface area contributed by atoms with Gasteiger partial charge in [-0.2, -0.15) is 0 Å². The van der Waals surface area contributed by atoms with Gasteiger partial charge in [0, 0.05) is 28.6 Å². The highest BCUT2D eigenvalue weighted by atomic mass is 35.5. The van der Waals surface area contributed by atoms with Crippen molar-refractivity contribution in [1.29, 1.82) is 0 Å². The van der Waals surface area contributed by atoms with Crippen molar-refractivity contribution >= 4 is 28.5 Å². The Hall–Kier alpha value is -1.92. The molecule has 1 aromatic carbocycles. The Morgan fingerprint density at radius 1 is 1.53 bits per heavy atom. The van der Waals surface area contributed by atoms with E-state index in [0.29, 0.717) is 17.2 Å². The maximum atomic E-state index is 11.1. The highest BCUT2D eigenvalue weighted by molar-refractivity contribution is 6.32. The molecule has 2 rings (SSSR count). The van der Waals surface area contributed by atoms with Crippen molar-refractivity contribution < 1.29 is 9.53 Å². The molecule has 0 unspecified atom stereocenters. The minimum atomic E-state index is -0.544. The number of esters is 1. The summed E-state index contributed by atoms with van der Waals surface area (Å²) in [4.78, 5) is 14.1. The van der Waals surface area contributed by atoms with Gasteiger partial charge in [0.25, 0.3) is 0 Å². The summed E-state index contributed by atoms with van der Waals surface area (Å²) in [6.07, 6.45) is 1.82. The van der Waals surface area contributed by atoms with Crippen LogP contribution in [0.4, 0.5) is 0 Å². The quantitative estimate of drug-likeness (QED) is 0.622. The molecule has 0 radical (unpaired) electrons. The second-order valence-corrected chi connectivity index (χ2v) is 3.77. The summed E-state index contributed by atoms with van der Waals surface area (Å²) in [5, 5.41) is 1.51. The number of halogens is 1. The maximum Gasteiger partial charge on any atom is 0.384 e. The van der Waals surface area contributed by atoms with Gasteiger partial charge in [0.1, 0.15) is 0 Å². The van der Waals surface area contributed by atoms with Crippen molar-refractivity contribution in [3.8, 4) is 11.8 Å². The molecule has 0 atom stereocenters. The molecular formula is C13H10ClNO2. The molecule has 0 saturated heterocycles. The first kappa shape index (κ1) is 11.6. The Morgan fingerprint density at radius 3 is 3.12 bits per heavy atom. The van der Waals surface area contributed by atoms with Gasteiger partial charge in [-0.25, -0.2) is 4.79 Å². The van der Waals surface area contributed by atoms with E-state index >= 15 is 0 Å². The average Bonchev–Trinajstić information content (AvgIpc) is 2.73. The van der Waals surface area contributed by atoms with Crippen LogP contribution in [0.3, 0.4) is 0 Å². The fraction of sp³-hybridized carbons (Fsp3) is 0.154. The smallest absolute Gasteiger partial charge is 0.384 e. The molecule has 0 bridgehead atoms. The van der Waals surface area contributed by atoms with Crippen LogP contribution < -0.4 is 0 Å². The van der Waals surface area contributed by atoms with E-state index in [2.05, 4.69) is 16.8 Å². The minimum Gasteiger partial charge on any atom is -0.456 e. The molecule has 1 N–H and O–H groups in total. The van der Waals surface area contributed by atoms with Gasteiger partial charge < -0.3 is 9.72 Å². The molecule has 2 aromatic rings. The third kappa shape index (κ3) is 2.61. The zero-order chi connectivity index (χ0) is 12.3. The number of carbonyl (C=O) groups excluding carboxylic acids is 1. The summed E-state index contributed by atoms with van der Waals surface area (Å²) in [6, 6.07) is 5.54. The van der Waals surface area contributed by atoms with Crippen molar-refractivity contribution in [1.82, 2.24) is 4.98 Å². The number of aromatic nitrogens is 1. The van der Waals surface area contributed by atoms with Gasteiger partial charge in [-0.1, -0.05) is 17.5 Å². The Bertz CT molecular complexity index is 619. The van der Waals surface area contributed by atoms with E-state index in [9.17, 15) is 4.79 Å². The number of rotatable bonds is 1. The lowest BCUT2D eigenvalue weighted by molar-refractivity contribution is -0.136. The predicted octanol–water partition coefficient (Wildman–Crippen LogP) is 2.74. The van der Waals surface area contributed by atoms with E-state index in [4.69, 9.17) is 16.3 Å². The molecule has 0 spiro atoms. The van der Waals surface area contributed by atoms with E-state index in [-0.39, 0.29) is 0 Å². The molecule has 17 heavy (non-hydrogen) atoms. The van der Waals surface area contributed by atoms with E-state index < -0.39 is 5.97 Å². The number of carbonyl (C=O) groups is 1. The van der Waals surface area contributed by atoms with Gasteiger partial charge in [-0.3, -0.25) is 0 Å². The molecule has 0 aliphatic carbocycles. The van der Waals surface area contributed by atoms with Crippen LogP contribution in [-0.4, -0.2) is 17.6 Å². The SMILES string of the molecule is CCOC(=O)C#Cc1cc2cc[nH]c2cc1Cl. The zero-order valence-electron chi connectivity index (χ0n) is 9.21. The molecule has 0 aliphatic rings. The fourth-order valence-electron chi connectivity index (χ4n) is 1.46. The molecule has 3 nitrogen and oxygen atoms in total. The molecule has 0 aliphatic heterocycles. The van der Waals surface area contributed by atoms with Gasteiger partial charge in [-0.15, -0.1) is 0 Å². The normalized spacial score (nSPS) is 9.76. The lowest BCUT2D eigenvalue weighted by Gasteiger charge is -1.97. The number of benzene rings is 1. The van der Waals surface area contributed by atoms with Gasteiger partial charge in [-0.05, 0) is 25.1 Å². The van der Waals surface area contributed by atoms with Crippen LogP contribution in [0.15, 0.2) is 24.4 Å². The lowest BCUT2D eigenvalue weighted by Crippen LogP contribution is -1.99. The largest absolute Gasteiger partial charge is 0.456 e. The van der Waals surface area contributed by atoms with Crippen molar-refractivity contribution in [2.24, 2.45) is 0 Å². The summed E-state index contributed by atoms with van der Waals surface area (Å²) in [5.41, 5.74) is 1.56. The minimum absolute atomic E-state index is 0.318. The van der Waals surface area contributed by atoms with Gasteiger partial charge in [0.15, 0.2) is 0 Å². The fourth-order valence-corrected chi connectivity index (χ4v) is 1.67. The van der Waals surface area contributed by atoms with Crippen LogP contribution >= 0.6 is 11.6 Å². The molecular weight excluding hydrogens is 238 g/mol. The lowest BCUT2D eigenvalue weighted by atomic mass is 10.1. The first-order chi connectivity index (χ1) is 8.20. The van der Waals surface area contributed by atoms with E-state index in [1.807, 2.05) is 18.3 Å². The number of fused-ring (bicyclic) bond motifs is 1. The van der Waals surface area contributed by atoms with Crippen LogP contribution in [0.1, 0.15) is 12.5 Å². The second kappa shape index (κ2) is 4.94. The Balaban J connectivity index is 2.34. The number of nitrogens with one attached hydrogen (secondary N) is 1. The predicted molar refractivity (Wildman–Crippen MR) is 66.8 cm³/mol. The first-order valence-electron chi connectivity index (χ1n) is 5.16. The van der Waals surface area contributed by atoms with Crippen LogP contribution in [0.25, 0.3) is 10.9 Å². The first-order valence-corrected chi connectivity index (χ1v) is 5.54. The summed E-state index contributed by atoms with van der Waals surface area (Å²) in [6.45, 7) is 2.05. The van der Waals surface area contributed by atoms with Crippen molar-refractivity contribution in [2.75, 3.05) is 6.61 Å². The molecule has 0 saturated carbocycles. The summed E-state index contributed by atoms with van der Waals surface area (Å²) < 4.78 is 4.71. The number of hydrogen-bond acceptors (Lipinski definition) is 2. The Labute approximate surface area is 104 Å². The molecule has 1 aromatic heterocycles. The van der Waals surface area contributed by atoms with Crippen LogP contribution in [0.2, 0.25) is 5.02 Å². The molecule has 1 heterocycles. The summed E-state index contributed by atoms with van der Waals surface area (Å²) >= 11 is 6.05. The van der Waals surface area contributed by atoms with Gasteiger partial charge >= 0.3 is 5.97 Å². The highest BCUT2D eigenvalue weighted by Crippen LogP contribution is 2.22. The standard InChI is InChI=1S/C13H10ClNO2/c1-2-17-13(16)4-3-9-7-10-5-6-15-12(10)8-11(9)14/h5-8,15H,2H2,1H3. The van der Waals surface area contributed by atoms with Crippen molar-refractivity contribution in [2.45, 2.75) is 6.92 Å². The Kier molecular flexibility index (Phi) is 3.36. The summed E-state index contributed by atoms with van der Waals surface area (Å²) in [5.74, 6) is 4.56. The third-order valence-electron chi connectivity index (χ3n) is 2.22. The third-order valence-corrected chi connectivity index (χ3v) is 2.53. The Morgan fingerprint density at radius 2 is 2.35 bits per heavy atom. The summed E-state index contributed by atoms with van der Waals surface area (Å²) in [7, 11) is 0. The van der Waals surface area contributed by atoms with E-state index in [0.717, 1.165) is 10.9 Å². The van der Waals surface area contributed by atoms with Crippen molar-refractivity contribution in [3.63, 3.8) is 0 Å². The molecule has 86 valence electrons. The van der Waals surface area contributed by atoms with Crippen LogP contribution in [0.5, 0.6) is 0 Å². The highest BCUT2D eigenvalue weighted by Gasteiger charge is 2.02. The second-order valence-electron chi connectivity index (χ2n) is 3.37. The topological polar surface area (TPSA) is 42.1 Å². The average molecular weight is 248 g/mol. The number of ether oxygens (including phenoxy) is 1. The van der Waals surface area contributed by atoms with E-state index in [1.54, 1.807) is 13.0 Å². The van der Waals surface area contributed by atoms with Crippen LogP contribution in [-0.2, 0) is 9.53 Å². The maximum absolute atomic E-state index is 11.1. The molecule has 0 amide bonds. The number of H-pyrrole nitrogens is 1. The molecule has 4 heteroatoms. The monoisotopic (exact) mass is 247 g/mol. The van der Waals surface area contributed by atoms with E-state index in [1.165, 1.54) is 0 Å².